The van der Waals surface area contributed by atoms with Crippen molar-refractivity contribution in [1.29, 1.82) is 0 Å². The Hall–Kier alpha value is 0.499. The molecule has 0 aliphatic heterocycles. The van der Waals surface area contributed by atoms with Crippen molar-refractivity contribution in [2.24, 2.45) is 0 Å². The molecule has 0 aliphatic carbocycles. The molecule has 11 heavy (non-hydrogen) atoms. The fraction of sp³-hybridized carbons (Fsp3) is 0.333. The maximum absolute atomic E-state index is 3.58. The van der Waals surface area contributed by atoms with E-state index in [1.165, 1.54) is 4.47 Å². The molecule has 0 saturated carbocycles. The number of rotatable bonds is 1. The third kappa shape index (κ3) is 2.48. The molecule has 1 aromatic rings. The zero-order valence-corrected chi connectivity index (χ0v) is 11.6. The monoisotopic (exact) mass is 320 g/mol. The minimum absolute atomic E-state index is 1.29. The third-order valence-electron chi connectivity index (χ3n) is 1.68. The summed E-state index contributed by atoms with van der Waals surface area (Å²) in [5.41, 5.74) is 0. The molecule has 0 fully saturated rings. The molecule has 0 N–H and O–H groups in total. The summed E-state index contributed by atoms with van der Waals surface area (Å²) in [5.74, 6) is 0. The molecule has 60 valence electrons. The number of hydrogen-bond acceptors (Lipinski definition) is 0. The van der Waals surface area contributed by atoms with Crippen LogP contribution in [0.1, 0.15) is 0 Å². The Morgan fingerprint density at radius 2 is 1.64 bits per heavy atom. The Kier molecular flexibility index (Phi) is 3.03. The summed E-state index contributed by atoms with van der Waals surface area (Å²) in [4.78, 5) is 7.28. The van der Waals surface area contributed by atoms with Crippen LogP contribution in [-0.4, -0.2) is 18.4 Å². The second-order valence-electron chi connectivity index (χ2n) is 3.73. The summed E-state index contributed by atoms with van der Waals surface area (Å²) >= 11 is 1.76. The SMILES string of the molecule is [CH3][Sn]([CH3])([CH3])[c]1ccccc1Br. The minimum atomic E-state index is -1.82. The Balaban J connectivity index is 3.14. The number of hydrogen-bond donors (Lipinski definition) is 0. The van der Waals surface area contributed by atoms with E-state index in [0.717, 1.165) is 0 Å². The van der Waals surface area contributed by atoms with Gasteiger partial charge in [-0.05, 0) is 0 Å². The third-order valence-corrected chi connectivity index (χ3v) is 9.27. The van der Waals surface area contributed by atoms with Gasteiger partial charge in [-0.1, -0.05) is 0 Å². The van der Waals surface area contributed by atoms with Gasteiger partial charge in [-0.25, -0.2) is 0 Å². The normalized spacial score (nSPS) is 11.6. The van der Waals surface area contributed by atoms with E-state index in [-0.39, 0.29) is 0 Å². The first-order valence-corrected chi connectivity index (χ1v) is 14.5. The molecule has 0 nitrogen and oxygen atoms in total. The van der Waals surface area contributed by atoms with E-state index in [1.807, 2.05) is 0 Å². The Morgan fingerprint density at radius 3 is 2.00 bits per heavy atom. The summed E-state index contributed by atoms with van der Waals surface area (Å²) in [6.07, 6.45) is 0. The van der Waals surface area contributed by atoms with Crippen molar-refractivity contribution in [2.45, 2.75) is 14.8 Å². The molecule has 0 radical (unpaired) electrons. The van der Waals surface area contributed by atoms with E-state index >= 15 is 0 Å². The number of benzene rings is 1. The van der Waals surface area contributed by atoms with Gasteiger partial charge in [0.1, 0.15) is 0 Å². The first-order chi connectivity index (χ1) is 5.02. The van der Waals surface area contributed by atoms with E-state index < -0.39 is 18.4 Å². The molecule has 0 unspecified atom stereocenters. The second-order valence-corrected chi connectivity index (χ2v) is 19.0. The van der Waals surface area contributed by atoms with Crippen LogP contribution in [0.2, 0.25) is 14.8 Å². The summed E-state index contributed by atoms with van der Waals surface area (Å²) in [7, 11) is 0. The summed E-state index contributed by atoms with van der Waals surface area (Å²) in [6, 6.07) is 8.59. The average Bonchev–Trinajstić information content (AvgIpc) is 1.86. The predicted octanol–water partition coefficient (Wildman–Crippen LogP) is 2.99. The van der Waals surface area contributed by atoms with Gasteiger partial charge in [-0.2, -0.15) is 0 Å². The molecule has 0 heterocycles. The first kappa shape index (κ1) is 9.59. The van der Waals surface area contributed by atoms with Crippen molar-refractivity contribution in [2.75, 3.05) is 0 Å². The van der Waals surface area contributed by atoms with Crippen LogP contribution in [0.15, 0.2) is 28.7 Å². The van der Waals surface area contributed by atoms with Crippen molar-refractivity contribution in [3.8, 4) is 0 Å². The van der Waals surface area contributed by atoms with Crippen LogP contribution in [0, 0.1) is 0 Å². The van der Waals surface area contributed by atoms with Crippen molar-refractivity contribution in [1.82, 2.24) is 0 Å². The topological polar surface area (TPSA) is 0 Å². The van der Waals surface area contributed by atoms with E-state index in [1.54, 1.807) is 3.58 Å². The Labute approximate surface area is 81.0 Å². The van der Waals surface area contributed by atoms with Gasteiger partial charge in [0.15, 0.2) is 0 Å². The average molecular weight is 320 g/mol. The molecule has 0 spiro atoms. The fourth-order valence-corrected chi connectivity index (χ4v) is 9.33. The summed E-state index contributed by atoms with van der Waals surface area (Å²) in [5, 5.41) is 0. The van der Waals surface area contributed by atoms with Gasteiger partial charge >= 0.3 is 81.4 Å². The Bertz CT molecular complexity index is 250. The van der Waals surface area contributed by atoms with Crippen molar-refractivity contribution >= 4 is 37.9 Å². The van der Waals surface area contributed by atoms with Crippen LogP contribution in [-0.2, 0) is 0 Å². The van der Waals surface area contributed by atoms with Gasteiger partial charge in [0.05, 0.1) is 0 Å². The summed E-state index contributed by atoms with van der Waals surface area (Å²) < 4.78 is 2.87. The molecule has 0 aliphatic rings. The van der Waals surface area contributed by atoms with Crippen LogP contribution < -0.4 is 3.58 Å². The Morgan fingerprint density at radius 1 is 1.09 bits per heavy atom. The van der Waals surface area contributed by atoms with E-state index in [4.69, 9.17) is 0 Å². The molecule has 1 aromatic carbocycles. The van der Waals surface area contributed by atoms with Gasteiger partial charge in [-0.15, -0.1) is 0 Å². The van der Waals surface area contributed by atoms with Gasteiger partial charge in [0, 0.05) is 0 Å². The molecule has 2 heteroatoms. The molecule has 0 atom stereocenters. The van der Waals surface area contributed by atoms with Gasteiger partial charge in [0.25, 0.3) is 0 Å². The van der Waals surface area contributed by atoms with Gasteiger partial charge in [0.2, 0.25) is 0 Å². The fourth-order valence-electron chi connectivity index (χ4n) is 1.07. The molecule has 0 aromatic heterocycles. The number of halogens is 1. The standard InChI is InChI=1S/C6H4Br.3CH3.Sn/c7-6-4-2-1-3-5-6;;;;/h1-4H;3*1H3;. The van der Waals surface area contributed by atoms with Crippen LogP contribution in [0.3, 0.4) is 0 Å². The zero-order chi connectivity index (χ0) is 8.48. The van der Waals surface area contributed by atoms with Crippen LogP contribution in [0.5, 0.6) is 0 Å². The molecule has 0 bridgehead atoms. The predicted molar refractivity (Wildman–Crippen MR) is 57.1 cm³/mol. The quantitative estimate of drug-likeness (QED) is 0.698. The van der Waals surface area contributed by atoms with Crippen LogP contribution in [0.25, 0.3) is 0 Å². The molecular formula is C9H13BrSn. The first-order valence-electron chi connectivity index (χ1n) is 3.77. The van der Waals surface area contributed by atoms with E-state index in [9.17, 15) is 0 Å². The van der Waals surface area contributed by atoms with Gasteiger partial charge < -0.3 is 0 Å². The van der Waals surface area contributed by atoms with Gasteiger partial charge in [-0.3, -0.25) is 0 Å². The van der Waals surface area contributed by atoms with Crippen molar-refractivity contribution in [3.05, 3.63) is 28.7 Å². The van der Waals surface area contributed by atoms with Crippen LogP contribution in [0.4, 0.5) is 0 Å². The van der Waals surface area contributed by atoms with E-state index in [0.29, 0.717) is 0 Å². The molecular weight excluding hydrogens is 307 g/mol. The maximum atomic E-state index is 3.58. The summed E-state index contributed by atoms with van der Waals surface area (Å²) in [6.45, 7) is 0. The zero-order valence-electron chi connectivity index (χ0n) is 7.19. The van der Waals surface area contributed by atoms with Crippen LogP contribution >= 0.6 is 15.9 Å². The van der Waals surface area contributed by atoms with E-state index in [2.05, 4.69) is 55.0 Å². The molecule has 0 amide bonds. The van der Waals surface area contributed by atoms with Crippen molar-refractivity contribution in [3.63, 3.8) is 0 Å². The second kappa shape index (κ2) is 3.48. The van der Waals surface area contributed by atoms with Crippen molar-refractivity contribution < 1.29 is 0 Å². The molecule has 1 rings (SSSR count). The molecule has 0 saturated heterocycles.